The summed E-state index contributed by atoms with van der Waals surface area (Å²) >= 11 is 0. The smallest absolute Gasteiger partial charge is 0.251 e. The van der Waals surface area contributed by atoms with Gasteiger partial charge in [-0.15, -0.1) is 0 Å². The van der Waals surface area contributed by atoms with Crippen LogP contribution in [0, 0.1) is 6.92 Å². The molecule has 0 bridgehead atoms. The Morgan fingerprint density at radius 2 is 2.10 bits per heavy atom. The molecule has 0 unspecified atom stereocenters. The normalized spacial score (nSPS) is 10.3. The number of carbonyl (C=O) groups excluding carboxylic acids is 1. The lowest BCUT2D eigenvalue weighted by molar-refractivity contribution is 0.0963. The number of rotatable bonds is 4. The average Bonchev–Trinajstić information content (AvgIpc) is 2.82. The molecule has 3 N–H and O–H groups in total. The number of amides is 1. The van der Waals surface area contributed by atoms with Crippen molar-refractivity contribution in [2.24, 2.45) is 0 Å². The Bertz CT molecular complexity index is 619. The van der Waals surface area contributed by atoms with E-state index in [1.807, 2.05) is 37.1 Å². The van der Waals surface area contributed by atoms with E-state index in [1.165, 1.54) is 0 Å². The van der Waals surface area contributed by atoms with Gasteiger partial charge in [0.2, 0.25) is 0 Å². The van der Waals surface area contributed by atoms with Crippen molar-refractivity contribution in [3.05, 3.63) is 47.4 Å². The van der Waals surface area contributed by atoms with Crippen LogP contribution in [0.25, 0.3) is 0 Å². The molecule has 20 heavy (non-hydrogen) atoms. The first-order valence-electron chi connectivity index (χ1n) is 6.39. The molecular weight excluding hydrogens is 254 g/mol. The van der Waals surface area contributed by atoms with Gasteiger partial charge in [0.1, 0.15) is 11.5 Å². The van der Waals surface area contributed by atoms with Crippen molar-refractivity contribution in [3.8, 4) is 0 Å². The van der Waals surface area contributed by atoms with Crippen LogP contribution in [-0.4, -0.2) is 20.0 Å². The van der Waals surface area contributed by atoms with Gasteiger partial charge >= 0.3 is 0 Å². The van der Waals surface area contributed by atoms with Gasteiger partial charge in [0.05, 0.1) is 17.9 Å². The maximum Gasteiger partial charge on any atom is 0.251 e. The molecule has 0 saturated carbocycles. The number of carbonyl (C=O) groups is 1. The van der Waals surface area contributed by atoms with Crippen LogP contribution in [0.3, 0.4) is 0 Å². The molecule has 0 fully saturated rings. The Labute approximate surface area is 118 Å². The molecule has 0 spiro atoms. The molecule has 1 aromatic heterocycles. The summed E-state index contributed by atoms with van der Waals surface area (Å²) in [6.07, 6.45) is 0. The fourth-order valence-electron chi connectivity index (χ4n) is 2.08. The second kappa shape index (κ2) is 5.69. The van der Waals surface area contributed by atoms with E-state index < -0.39 is 0 Å². The Balaban J connectivity index is 2.17. The lowest BCUT2D eigenvalue weighted by Gasteiger charge is -2.20. The Morgan fingerprint density at radius 1 is 1.35 bits per heavy atom. The number of aryl methyl sites for hydroxylation is 1. The maximum absolute atomic E-state index is 11.5. The van der Waals surface area contributed by atoms with Crippen LogP contribution in [0.15, 0.2) is 34.7 Å². The summed E-state index contributed by atoms with van der Waals surface area (Å²) in [5.41, 5.74) is 8.01. The third-order valence-electron chi connectivity index (χ3n) is 3.12. The van der Waals surface area contributed by atoms with E-state index in [-0.39, 0.29) is 5.91 Å². The summed E-state index contributed by atoms with van der Waals surface area (Å²) in [7, 11) is 3.53. The molecule has 0 aliphatic heterocycles. The van der Waals surface area contributed by atoms with Crippen molar-refractivity contribution in [2.75, 3.05) is 24.7 Å². The summed E-state index contributed by atoms with van der Waals surface area (Å²) in [6.45, 7) is 2.54. The van der Waals surface area contributed by atoms with Gasteiger partial charge in [0.15, 0.2) is 0 Å². The van der Waals surface area contributed by atoms with Gasteiger partial charge in [-0.25, -0.2) is 0 Å². The van der Waals surface area contributed by atoms with E-state index in [2.05, 4.69) is 5.32 Å². The molecule has 0 aliphatic rings. The van der Waals surface area contributed by atoms with Gasteiger partial charge in [-0.3, -0.25) is 4.79 Å². The standard InChI is InChI=1S/C15H19N3O2/c1-10-4-6-12(20-10)9-18(3)14-7-5-11(8-13(14)16)15(19)17-2/h4-8H,9,16H2,1-3H3,(H,17,19). The van der Waals surface area contributed by atoms with Crippen LogP contribution in [-0.2, 0) is 6.54 Å². The number of hydrogen-bond donors (Lipinski definition) is 2. The largest absolute Gasteiger partial charge is 0.464 e. The first-order chi connectivity index (χ1) is 9.51. The van der Waals surface area contributed by atoms with Crippen molar-refractivity contribution in [1.82, 2.24) is 5.32 Å². The van der Waals surface area contributed by atoms with Crippen LogP contribution < -0.4 is 16.0 Å². The van der Waals surface area contributed by atoms with Crippen LogP contribution in [0.5, 0.6) is 0 Å². The van der Waals surface area contributed by atoms with Gasteiger partial charge in [-0.05, 0) is 37.3 Å². The lowest BCUT2D eigenvalue weighted by Crippen LogP contribution is -2.20. The summed E-state index contributed by atoms with van der Waals surface area (Å²) in [4.78, 5) is 13.5. The van der Waals surface area contributed by atoms with Crippen molar-refractivity contribution in [3.63, 3.8) is 0 Å². The number of nitrogens with zero attached hydrogens (tertiary/aromatic N) is 1. The van der Waals surface area contributed by atoms with Crippen LogP contribution >= 0.6 is 0 Å². The van der Waals surface area contributed by atoms with E-state index >= 15 is 0 Å². The van der Waals surface area contributed by atoms with E-state index in [4.69, 9.17) is 10.2 Å². The number of nitrogens with two attached hydrogens (primary N) is 1. The topological polar surface area (TPSA) is 71.5 Å². The van der Waals surface area contributed by atoms with E-state index in [1.54, 1.807) is 19.2 Å². The quantitative estimate of drug-likeness (QED) is 0.837. The molecule has 5 nitrogen and oxygen atoms in total. The molecule has 1 aromatic carbocycles. The summed E-state index contributed by atoms with van der Waals surface area (Å²) < 4.78 is 5.55. The highest BCUT2D eigenvalue weighted by atomic mass is 16.3. The molecule has 5 heteroatoms. The zero-order valence-electron chi connectivity index (χ0n) is 11.9. The Morgan fingerprint density at radius 3 is 2.65 bits per heavy atom. The average molecular weight is 273 g/mol. The van der Waals surface area contributed by atoms with Crippen molar-refractivity contribution >= 4 is 17.3 Å². The van der Waals surface area contributed by atoms with Gasteiger partial charge in [-0.1, -0.05) is 0 Å². The molecule has 0 atom stereocenters. The first-order valence-corrected chi connectivity index (χ1v) is 6.39. The van der Waals surface area contributed by atoms with Gasteiger partial charge in [-0.2, -0.15) is 0 Å². The summed E-state index contributed by atoms with van der Waals surface area (Å²) in [6, 6.07) is 9.16. The highest BCUT2D eigenvalue weighted by molar-refractivity contribution is 5.95. The van der Waals surface area contributed by atoms with Gasteiger partial charge in [0.25, 0.3) is 5.91 Å². The number of nitrogens with one attached hydrogen (secondary N) is 1. The zero-order chi connectivity index (χ0) is 14.7. The number of benzene rings is 1. The summed E-state index contributed by atoms with van der Waals surface area (Å²) in [5.74, 6) is 1.61. The number of hydrogen-bond acceptors (Lipinski definition) is 4. The SMILES string of the molecule is CNC(=O)c1ccc(N(C)Cc2ccc(C)o2)c(N)c1. The molecule has 1 heterocycles. The molecule has 0 aliphatic carbocycles. The Hall–Kier alpha value is -2.43. The van der Waals surface area contributed by atoms with Crippen molar-refractivity contribution < 1.29 is 9.21 Å². The van der Waals surface area contributed by atoms with E-state index in [9.17, 15) is 4.79 Å². The first kappa shape index (κ1) is 14.0. The Kier molecular flexibility index (Phi) is 3.98. The number of nitrogen functional groups attached to an aromatic ring is 1. The summed E-state index contributed by atoms with van der Waals surface area (Å²) in [5, 5.41) is 2.58. The molecule has 0 radical (unpaired) electrons. The van der Waals surface area contributed by atoms with Gasteiger partial charge < -0.3 is 20.4 Å². The van der Waals surface area contributed by atoms with Crippen molar-refractivity contribution in [1.29, 1.82) is 0 Å². The second-order valence-electron chi connectivity index (χ2n) is 4.72. The second-order valence-corrected chi connectivity index (χ2v) is 4.72. The molecule has 0 saturated heterocycles. The zero-order valence-corrected chi connectivity index (χ0v) is 11.9. The lowest BCUT2D eigenvalue weighted by atomic mass is 10.1. The molecular formula is C15H19N3O2. The number of anilines is 2. The minimum absolute atomic E-state index is 0.146. The highest BCUT2D eigenvalue weighted by Crippen LogP contribution is 2.25. The predicted molar refractivity (Wildman–Crippen MR) is 79.8 cm³/mol. The highest BCUT2D eigenvalue weighted by Gasteiger charge is 2.11. The minimum atomic E-state index is -0.146. The fourth-order valence-corrected chi connectivity index (χ4v) is 2.08. The van der Waals surface area contributed by atoms with E-state index in [0.717, 1.165) is 17.2 Å². The molecule has 106 valence electrons. The fraction of sp³-hybridized carbons (Fsp3) is 0.267. The third-order valence-corrected chi connectivity index (χ3v) is 3.12. The van der Waals surface area contributed by atoms with Crippen molar-refractivity contribution in [2.45, 2.75) is 13.5 Å². The molecule has 2 aromatic rings. The number of furan rings is 1. The monoisotopic (exact) mass is 273 g/mol. The predicted octanol–water partition coefficient (Wildman–Crippen LogP) is 2.17. The minimum Gasteiger partial charge on any atom is -0.464 e. The maximum atomic E-state index is 11.5. The third kappa shape index (κ3) is 2.93. The van der Waals surface area contributed by atoms with Crippen LogP contribution in [0.4, 0.5) is 11.4 Å². The molecule has 2 rings (SSSR count). The van der Waals surface area contributed by atoms with Crippen LogP contribution in [0.1, 0.15) is 21.9 Å². The molecule has 1 amide bonds. The van der Waals surface area contributed by atoms with Gasteiger partial charge in [0, 0.05) is 19.7 Å². The van der Waals surface area contributed by atoms with E-state index in [0.29, 0.717) is 17.8 Å². The van der Waals surface area contributed by atoms with Crippen LogP contribution in [0.2, 0.25) is 0 Å².